The van der Waals surface area contributed by atoms with Gasteiger partial charge < -0.3 is 9.47 Å². The lowest BCUT2D eigenvalue weighted by molar-refractivity contribution is 0.0525. The lowest BCUT2D eigenvalue weighted by atomic mass is 10.0. The summed E-state index contributed by atoms with van der Waals surface area (Å²) in [5.41, 5.74) is 4.72. The van der Waals surface area contributed by atoms with Crippen molar-refractivity contribution in [3.8, 4) is 11.1 Å². The van der Waals surface area contributed by atoms with E-state index in [2.05, 4.69) is 41.4 Å². The molecule has 2 aromatic carbocycles. The second-order valence-corrected chi connectivity index (χ2v) is 5.81. The van der Waals surface area contributed by atoms with Crippen molar-refractivity contribution in [3.63, 3.8) is 0 Å². The summed E-state index contributed by atoms with van der Waals surface area (Å²) >= 11 is 0. The van der Waals surface area contributed by atoms with Crippen LogP contribution >= 0.6 is 0 Å². The van der Waals surface area contributed by atoms with Crippen LogP contribution < -0.4 is 0 Å². The fourth-order valence-corrected chi connectivity index (χ4v) is 2.54. The van der Waals surface area contributed by atoms with Crippen LogP contribution in [0.25, 0.3) is 11.1 Å². The van der Waals surface area contributed by atoms with Crippen LogP contribution in [0.4, 0.5) is 0 Å². The molecule has 0 aliphatic carbocycles. The van der Waals surface area contributed by atoms with E-state index >= 15 is 0 Å². The van der Waals surface area contributed by atoms with Crippen molar-refractivity contribution in [2.24, 2.45) is 0 Å². The highest BCUT2D eigenvalue weighted by Crippen LogP contribution is 2.19. The van der Waals surface area contributed by atoms with Gasteiger partial charge in [0.05, 0.1) is 31.1 Å². The summed E-state index contributed by atoms with van der Waals surface area (Å²) in [5, 5.41) is 0. The van der Waals surface area contributed by atoms with Gasteiger partial charge in [-0.15, -0.1) is 0 Å². The summed E-state index contributed by atoms with van der Waals surface area (Å²) in [7, 11) is 0. The topological polar surface area (TPSA) is 48.4 Å². The molecule has 0 N–H and O–H groups in total. The Morgan fingerprint density at radius 3 is 2.27 bits per heavy atom. The Labute approximate surface area is 153 Å². The number of hydrogen-bond acceptors (Lipinski definition) is 4. The first-order valence-electron chi connectivity index (χ1n) is 8.60. The Morgan fingerprint density at radius 1 is 0.885 bits per heavy atom. The normalized spacial score (nSPS) is 10.5. The van der Waals surface area contributed by atoms with Crippen molar-refractivity contribution in [2.75, 3.05) is 6.61 Å². The number of carbonyl (C=O) groups excluding carboxylic acids is 1. The van der Waals surface area contributed by atoms with E-state index in [0.717, 1.165) is 11.3 Å². The van der Waals surface area contributed by atoms with Gasteiger partial charge in [0.2, 0.25) is 0 Å². The van der Waals surface area contributed by atoms with E-state index < -0.39 is 0 Å². The lowest BCUT2D eigenvalue weighted by Crippen LogP contribution is -2.06. The molecule has 0 unspecified atom stereocenters. The molecule has 0 saturated heterocycles. The van der Waals surface area contributed by atoms with Crippen molar-refractivity contribution < 1.29 is 14.3 Å². The van der Waals surface area contributed by atoms with E-state index in [4.69, 9.17) is 9.47 Å². The molecule has 0 fully saturated rings. The molecular weight excluding hydrogens is 326 g/mol. The maximum atomic E-state index is 11.6. The third kappa shape index (κ3) is 4.77. The average Bonchev–Trinajstić information content (AvgIpc) is 2.70. The molecule has 26 heavy (non-hydrogen) atoms. The molecule has 0 spiro atoms. The van der Waals surface area contributed by atoms with E-state index in [0.29, 0.717) is 25.4 Å². The van der Waals surface area contributed by atoms with E-state index in [1.54, 1.807) is 19.1 Å². The van der Waals surface area contributed by atoms with Crippen LogP contribution in [0.3, 0.4) is 0 Å². The molecule has 0 saturated carbocycles. The van der Waals surface area contributed by atoms with Gasteiger partial charge in [-0.05, 0) is 35.7 Å². The molecule has 4 heteroatoms. The van der Waals surface area contributed by atoms with Gasteiger partial charge in [-0.25, -0.2) is 4.79 Å². The largest absolute Gasteiger partial charge is 0.462 e. The van der Waals surface area contributed by atoms with E-state index in [-0.39, 0.29) is 5.97 Å². The first kappa shape index (κ1) is 17.8. The molecular formula is C22H21NO3. The molecule has 0 bridgehead atoms. The molecule has 1 heterocycles. The minimum absolute atomic E-state index is 0.354. The van der Waals surface area contributed by atoms with Gasteiger partial charge in [-0.1, -0.05) is 54.6 Å². The van der Waals surface area contributed by atoms with Crippen LogP contribution in [0.5, 0.6) is 0 Å². The highest BCUT2D eigenvalue weighted by atomic mass is 16.5. The van der Waals surface area contributed by atoms with Gasteiger partial charge >= 0.3 is 5.97 Å². The Bertz CT molecular complexity index is 828. The quantitative estimate of drug-likeness (QED) is 0.584. The Kier molecular flexibility index (Phi) is 6.12. The first-order valence-corrected chi connectivity index (χ1v) is 8.60. The first-order chi connectivity index (χ1) is 12.8. The van der Waals surface area contributed by atoms with Crippen LogP contribution in [0.1, 0.15) is 28.5 Å². The number of pyridine rings is 1. The molecule has 132 valence electrons. The molecule has 0 aliphatic heterocycles. The maximum Gasteiger partial charge on any atom is 0.339 e. The summed E-state index contributed by atoms with van der Waals surface area (Å²) in [6.45, 7) is 3.03. The summed E-state index contributed by atoms with van der Waals surface area (Å²) < 4.78 is 10.7. The zero-order chi connectivity index (χ0) is 18.2. The number of hydrogen-bond donors (Lipinski definition) is 0. The van der Waals surface area contributed by atoms with Crippen LogP contribution in [-0.4, -0.2) is 17.6 Å². The summed E-state index contributed by atoms with van der Waals surface area (Å²) in [6, 6.07) is 22.1. The fraction of sp³-hybridized carbons (Fsp3) is 0.182. The predicted molar refractivity (Wildman–Crippen MR) is 101 cm³/mol. The van der Waals surface area contributed by atoms with Crippen LogP contribution in [0.2, 0.25) is 0 Å². The average molecular weight is 347 g/mol. The number of ether oxygens (including phenoxy) is 2. The minimum atomic E-state index is -0.356. The smallest absolute Gasteiger partial charge is 0.339 e. The Balaban J connectivity index is 1.51. The van der Waals surface area contributed by atoms with E-state index in [9.17, 15) is 4.79 Å². The van der Waals surface area contributed by atoms with Gasteiger partial charge in [0, 0.05) is 6.20 Å². The SMILES string of the molecule is CCOC(=O)c1ccc(COCc2ccc(-c3ccccc3)cc2)nc1. The molecule has 0 atom stereocenters. The summed E-state index contributed by atoms with van der Waals surface area (Å²) in [5.74, 6) is -0.356. The molecule has 4 nitrogen and oxygen atoms in total. The molecule has 1 aromatic heterocycles. The van der Waals surface area contributed by atoms with Crippen molar-refractivity contribution >= 4 is 5.97 Å². The van der Waals surface area contributed by atoms with Crippen LogP contribution in [-0.2, 0) is 22.7 Å². The third-order valence-electron chi connectivity index (χ3n) is 3.92. The molecule has 0 radical (unpaired) electrons. The third-order valence-corrected chi connectivity index (χ3v) is 3.92. The van der Waals surface area contributed by atoms with Gasteiger partial charge in [-0.2, -0.15) is 0 Å². The van der Waals surface area contributed by atoms with Crippen LogP contribution in [0.15, 0.2) is 72.9 Å². The number of rotatable bonds is 7. The number of carbonyl (C=O) groups is 1. The van der Waals surface area contributed by atoms with Crippen molar-refractivity contribution in [1.82, 2.24) is 4.98 Å². The monoisotopic (exact) mass is 347 g/mol. The predicted octanol–water partition coefficient (Wildman–Crippen LogP) is 4.64. The van der Waals surface area contributed by atoms with Gasteiger partial charge in [0.1, 0.15) is 0 Å². The molecule has 3 aromatic rings. The highest BCUT2D eigenvalue weighted by Gasteiger charge is 2.06. The summed E-state index contributed by atoms with van der Waals surface area (Å²) in [4.78, 5) is 15.8. The number of benzene rings is 2. The minimum Gasteiger partial charge on any atom is -0.462 e. The Hall–Kier alpha value is -2.98. The number of aromatic nitrogens is 1. The second kappa shape index (κ2) is 8.92. The highest BCUT2D eigenvalue weighted by molar-refractivity contribution is 5.88. The van der Waals surface area contributed by atoms with E-state index in [1.807, 2.05) is 18.2 Å². The number of esters is 1. The van der Waals surface area contributed by atoms with Crippen molar-refractivity contribution in [3.05, 3.63) is 89.7 Å². The molecule has 0 aliphatic rings. The zero-order valence-electron chi connectivity index (χ0n) is 14.7. The Morgan fingerprint density at radius 2 is 1.62 bits per heavy atom. The van der Waals surface area contributed by atoms with Crippen molar-refractivity contribution in [1.29, 1.82) is 0 Å². The fourth-order valence-electron chi connectivity index (χ4n) is 2.54. The summed E-state index contributed by atoms with van der Waals surface area (Å²) in [6.07, 6.45) is 1.52. The molecule has 0 amide bonds. The van der Waals surface area contributed by atoms with Crippen molar-refractivity contribution in [2.45, 2.75) is 20.1 Å². The lowest BCUT2D eigenvalue weighted by Gasteiger charge is -2.07. The standard InChI is InChI=1S/C22H21NO3/c1-2-26-22(24)20-12-13-21(23-14-20)16-25-15-17-8-10-19(11-9-17)18-6-4-3-5-7-18/h3-14H,2,15-16H2,1H3. The number of nitrogens with zero attached hydrogens (tertiary/aromatic N) is 1. The van der Waals surface area contributed by atoms with Gasteiger partial charge in [0.15, 0.2) is 0 Å². The van der Waals surface area contributed by atoms with Gasteiger partial charge in [0.25, 0.3) is 0 Å². The van der Waals surface area contributed by atoms with E-state index in [1.165, 1.54) is 17.3 Å². The van der Waals surface area contributed by atoms with Gasteiger partial charge in [-0.3, -0.25) is 4.98 Å². The zero-order valence-corrected chi connectivity index (χ0v) is 14.7. The molecule has 3 rings (SSSR count). The maximum absolute atomic E-state index is 11.6. The second-order valence-electron chi connectivity index (χ2n) is 5.81. The van der Waals surface area contributed by atoms with Crippen LogP contribution in [0, 0.1) is 0 Å².